The van der Waals surface area contributed by atoms with Gasteiger partial charge in [-0.05, 0) is 13.0 Å². The van der Waals surface area contributed by atoms with Crippen LogP contribution in [0.5, 0.6) is 0 Å². The second kappa shape index (κ2) is 6.78. The van der Waals surface area contributed by atoms with Crippen LogP contribution in [0.3, 0.4) is 0 Å². The molecule has 120 valence electrons. The van der Waals surface area contributed by atoms with Crippen molar-refractivity contribution < 1.29 is 13.2 Å². The number of hydrogen-bond acceptors (Lipinski definition) is 4. The molecule has 0 bridgehead atoms. The van der Waals surface area contributed by atoms with E-state index in [1.165, 1.54) is 28.2 Å². The summed E-state index contributed by atoms with van der Waals surface area (Å²) in [6, 6.07) is 1.32. The zero-order valence-electron chi connectivity index (χ0n) is 12.3. The Kier molecular flexibility index (Phi) is 5.80. The highest BCUT2D eigenvalue weighted by Gasteiger charge is 2.32. The van der Waals surface area contributed by atoms with Gasteiger partial charge in [0.2, 0.25) is 10.0 Å². The normalized spacial score (nSPS) is 19.9. The second-order valence-electron chi connectivity index (χ2n) is 4.92. The Morgan fingerprint density at radius 2 is 2.14 bits per heavy atom. The van der Waals surface area contributed by atoms with Crippen LogP contribution in [0.25, 0.3) is 0 Å². The van der Waals surface area contributed by atoms with E-state index in [1.54, 1.807) is 7.05 Å². The lowest BCUT2D eigenvalue weighted by Crippen LogP contribution is -2.52. The van der Waals surface area contributed by atoms with Crippen LogP contribution in [0, 0.1) is 0 Å². The van der Waals surface area contributed by atoms with E-state index < -0.39 is 10.0 Å². The number of piperazine rings is 1. The number of halogens is 1. The third-order valence-corrected chi connectivity index (χ3v) is 5.47. The number of nitrogens with one attached hydrogen (secondary N) is 2. The molecule has 1 aliphatic heterocycles. The van der Waals surface area contributed by atoms with Gasteiger partial charge in [0.15, 0.2) is 0 Å². The fourth-order valence-corrected chi connectivity index (χ4v) is 4.05. The van der Waals surface area contributed by atoms with Crippen molar-refractivity contribution in [2.45, 2.75) is 17.9 Å². The molecule has 2 heterocycles. The highest BCUT2D eigenvalue weighted by Crippen LogP contribution is 2.21. The standard InChI is InChI=1S/C12H20N4O3S.ClH/c1-9-7-14-4-5-16(9)20(18,19)10-6-11(12(17)13-2)15(3)8-10;/h6,8-9,14H,4-5,7H2,1-3H3,(H,13,17);1H/t9-;/m0./s1. The number of nitrogens with zero attached hydrogens (tertiary/aromatic N) is 2. The Hall–Kier alpha value is -1.09. The molecule has 1 aromatic heterocycles. The van der Waals surface area contributed by atoms with Gasteiger partial charge in [-0.2, -0.15) is 4.31 Å². The van der Waals surface area contributed by atoms with E-state index in [9.17, 15) is 13.2 Å². The summed E-state index contributed by atoms with van der Waals surface area (Å²) in [6.45, 7) is 3.58. The zero-order valence-corrected chi connectivity index (χ0v) is 13.9. The molecule has 9 heteroatoms. The fraction of sp³-hybridized carbons (Fsp3) is 0.583. The van der Waals surface area contributed by atoms with Crippen LogP contribution in [-0.2, 0) is 17.1 Å². The summed E-state index contributed by atoms with van der Waals surface area (Å²) >= 11 is 0. The van der Waals surface area contributed by atoms with Gasteiger partial charge in [-0.3, -0.25) is 4.79 Å². The second-order valence-corrected chi connectivity index (χ2v) is 6.81. The number of hydrogen-bond donors (Lipinski definition) is 2. The fourth-order valence-electron chi connectivity index (χ4n) is 2.34. The highest BCUT2D eigenvalue weighted by atomic mass is 35.5. The van der Waals surface area contributed by atoms with E-state index >= 15 is 0 Å². The summed E-state index contributed by atoms with van der Waals surface area (Å²) < 4.78 is 28.3. The van der Waals surface area contributed by atoms with Gasteiger partial charge in [0.1, 0.15) is 10.6 Å². The van der Waals surface area contributed by atoms with E-state index in [1.807, 2.05) is 6.92 Å². The lowest BCUT2D eigenvalue weighted by molar-refractivity contribution is 0.0955. The van der Waals surface area contributed by atoms with Gasteiger partial charge >= 0.3 is 0 Å². The summed E-state index contributed by atoms with van der Waals surface area (Å²) in [5.41, 5.74) is 0.328. The quantitative estimate of drug-likeness (QED) is 0.800. The monoisotopic (exact) mass is 336 g/mol. The van der Waals surface area contributed by atoms with E-state index in [-0.39, 0.29) is 29.3 Å². The topological polar surface area (TPSA) is 83.4 Å². The van der Waals surface area contributed by atoms with Crippen LogP contribution in [0.1, 0.15) is 17.4 Å². The first-order valence-corrected chi connectivity index (χ1v) is 7.93. The van der Waals surface area contributed by atoms with Crippen molar-refractivity contribution in [1.82, 2.24) is 19.5 Å². The summed E-state index contributed by atoms with van der Waals surface area (Å²) in [5, 5.41) is 5.65. The Morgan fingerprint density at radius 3 is 2.71 bits per heavy atom. The molecule has 1 fully saturated rings. The molecule has 1 amide bonds. The predicted octanol–water partition coefficient (Wildman–Crippen LogP) is -0.211. The minimum atomic E-state index is -3.56. The van der Waals surface area contributed by atoms with Crippen molar-refractivity contribution >= 4 is 28.3 Å². The minimum absolute atomic E-state index is 0. The van der Waals surface area contributed by atoms with Crippen LogP contribution in [0.4, 0.5) is 0 Å². The van der Waals surface area contributed by atoms with Gasteiger partial charge < -0.3 is 15.2 Å². The van der Waals surface area contributed by atoms with Gasteiger partial charge in [-0.15, -0.1) is 12.4 Å². The maximum atomic E-state index is 12.6. The molecule has 2 rings (SSSR count). The number of rotatable bonds is 3. The van der Waals surface area contributed by atoms with Crippen molar-refractivity contribution in [3.05, 3.63) is 18.0 Å². The lowest BCUT2D eigenvalue weighted by Gasteiger charge is -2.32. The summed E-state index contributed by atoms with van der Waals surface area (Å²) in [5.74, 6) is -0.303. The van der Waals surface area contributed by atoms with E-state index in [0.717, 1.165) is 0 Å². The molecular weight excluding hydrogens is 316 g/mol. The SMILES string of the molecule is CNC(=O)c1cc(S(=O)(=O)N2CCNC[C@@H]2C)cn1C.Cl. The highest BCUT2D eigenvalue weighted by molar-refractivity contribution is 7.89. The molecule has 0 unspecified atom stereocenters. The molecule has 1 aliphatic rings. The van der Waals surface area contributed by atoms with Gasteiger partial charge in [-0.25, -0.2) is 8.42 Å². The average Bonchev–Trinajstić information content (AvgIpc) is 2.81. The molecule has 21 heavy (non-hydrogen) atoms. The van der Waals surface area contributed by atoms with Crippen molar-refractivity contribution in [1.29, 1.82) is 0 Å². The molecule has 0 aliphatic carbocycles. The Bertz CT molecular complexity index is 614. The van der Waals surface area contributed by atoms with Crippen molar-refractivity contribution in [2.24, 2.45) is 7.05 Å². The van der Waals surface area contributed by atoms with Gasteiger partial charge in [0.25, 0.3) is 5.91 Å². The van der Waals surface area contributed by atoms with Crippen molar-refractivity contribution in [2.75, 3.05) is 26.7 Å². The Balaban J connectivity index is 0.00000220. The van der Waals surface area contributed by atoms with E-state index in [4.69, 9.17) is 0 Å². The smallest absolute Gasteiger partial charge is 0.267 e. The third-order valence-electron chi connectivity index (χ3n) is 3.49. The Morgan fingerprint density at radius 1 is 1.48 bits per heavy atom. The molecule has 2 N–H and O–H groups in total. The number of carbonyl (C=O) groups excluding carboxylic acids is 1. The summed E-state index contributed by atoms with van der Waals surface area (Å²) in [4.78, 5) is 11.8. The first kappa shape index (κ1) is 18.0. The molecule has 1 aromatic rings. The number of aryl methyl sites for hydroxylation is 1. The van der Waals surface area contributed by atoms with Crippen LogP contribution < -0.4 is 10.6 Å². The molecule has 0 spiro atoms. The first-order chi connectivity index (χ1) is 9.37. The number of aromatic nitrogens is 1. The number of amides is 1. The maximum Gasteiger partial charge on any atom is 0.267 e. The van der Waals surface area contributed by atoms with E-state index in [2.05, 4.69) is 10.6 Å². The number of sulfonamides is 1. The van der Waals surface area contributed by atoms with Gasteiger partial charge in [0, 0.05) is 46.0 Å². The van der Waals surface area contributed by atoms with E-state index in [0.29, 0.717) is 25.3 Å². The summed E-state index contributed by atoms with van der Waals surface area (Å²) in [7, 11) is -0.389. The minimum Gasteiger partial charge on any atom is -0.354 e. The van der Waals surface area contributed by atoms with Gasteiger partial charge in [0.05, 0.1) is 0 Å². The Labute approximate surface area is 131 Å². The maximum absolute atomic E-state index is 12.6. The third kappa shape index (κ3) is 3.39. The van der Waals surface area contributed by atoms with Crippen LogP contribution >= 0.6 is 12.4 Å². The molecule has 1 atom stereocenters. The molecule has 0 radical (unpaired) electrons. The van der Waals surface area contributed by atoms with Crippen LogP contribution in [-0.4, -0.2) is 55.9 Å². The average molecular weight is 337 g/mol. The number of carbonyl (C=O) groups is 1. The largest absolute Gasteiger partial charge is 0.354 e. The van der Waals surface area contributed by atoms with Crippen molar-refractivity contribution in [3.8, 4) is 0 Å². The molecule has 0 aromatic carbocycles. The molecule has 0 saturated carbocycles. The summed E-state index contributed by atoms with van der Waals surface area (Å²) in [6.07, 6.45) is 1.48. The van der Waals surface area contributed by atoms with Crippen LogP contribution in [0.15, 0.2) is 17.2 Å². The lowest BCUT2D eigenvalue weighted by atomic mass is 10.3. The van der Waals surface area contributed by atoms with Crippen molar-refractivity contribution in [3.63, 3.8) is 0 Å². The molecule has 1 saturated heterocycles. The van der Waals surface area contributed by atoms with Crippen LogP contribution in [0.2, 0.25) is 0 Å². The molecule has 7 nitrogen and oxygen atoms in total. The zero-order chi connectivity index (χ0) is 14.9. The molecular formula is C12H21ClN4O3S. The first-order valence-electron chi connectivity index (χ1n) is 6.49. The van der Waals surface area contributed by atoms with Gasteiger partial charge in [-0.1, -0.05) is 0 Å². The predicted molar refractivity (Wildman–Crippen MR) is 82.3 cm³/mol.